The molecular formula is C16H30N2O3. The summed E-state index contributed by atoms with van der Waals surface area (Å²) in [6.45, 7) is 11.3. The van der Waals surface area contributed by atoms with Crippen LogP contribution in [-0.4, -0.2) is 51.6 Å². The van der Waals surface area contributed by atoms with Crippen molar-refractivity contribution in [2.24, 2.45) is 5.92 Å². The van der Waals surface area contributed by atoms with E-state index in [0.29, 0.717) is 31.8 Å². The number of hydrogen-bond acceptors (Lipinski definition) is 2. The Bertz CT molecular complexity index is 382. The lowest BCUT2D eigenvalue weighted by Gasteiger charge is -2.40. The Labute approximate surface area is 128 Å². The van der Waals surface area contributed by atoms with Crippen molar-refractivity contribution in [1.82, 2.24) is 9.80 Å². The molecule has 1 fully saturated rings. The third-order valence-electron chi connectivity index (χ3n) is 4.21. The fraction of sp³-hybridized carbons (Fsp3) is 0.875. The topological polar surface area (TPSA) is 60.9 Å². The molecule has 0 saturated carbocycles. The van der Waals surface area contributed by atoms with E-state index in [1.807, 2.05) is 25.7 Å². The van der Waals surface area contributed by atoms with E-state index in [1.165, 1.54) is 0 Å². The number of rotatable bonds is 6. The number of hydrogen-bond donors (Lipinski definition) is 1. The molecular weight excluding hydrogens is 268 g/mol. The van der Waals surface area contributed by atoms with Crippen LogP contribution in [0.3, 0.4) is 0 Å². The number of aliphatic carboxylic acids is 1. The van der Waals surface area contributed by atoms with Crippen LogP contribution in [-0.2, 0) is 4.79 Å². The van der Waals surface area contributed by atoms with E-state index in [-0.39, 0.29) is 12.1 Å². The van der Waals surface area contributed by atoms with Gasteiger partial charge in [0.05, 0.1) is 0 Å². The predicted octanol–water partition coefficient (Wildman–Crippen LogP) is 3.19. The van der Waals surface area contributed by atoms with Crippen molar-refractivity contribution in [3.8, 4) is 0 Å². The lowest BCUT2D eigenvalue weighted by atomic mass is 9.91. The van der Waals surface area contributed by atoms with E-state index in [2.05, 4.69) is 13.8 Å². The highest BCUT2D eigenvalue weighted by Crippen LogP contribution is 2.35. The zero-order chi connectivity index (χ0) is 16.2. The van der Waals surface area contributed by atoms with Crippen LogP contribution in [0.4, 0.5) is 4.79 Å². The third-order valence-corrected chi connectivity index (χ3v) is 4.21. The van der Waals surface area contributed by atoms with Crippen molar-refractivity contribution in [2.45, 2.75) is 71.9 Å². The van der Waals surface area contributed by atoms with Crippen LogP contribution >= 0.6 is 0 Å². The lowest BCUT2D eigenvalue weighted by Crippen LogP contribution is -2.58. The van der Waals surface area contributed by atoms with Gasteiger partial charge in [0.15, 0.2) is 0 Å². The zero-order valence-electron chi connectivity index (χ0n) is 14.1. The maximum atomic E-state index is 12.9. The van der Waals surface area contributed by atoms with Gasteiger partial charge in [-0.25, -0.2) is 9.59 Å². The van der Waals surface area contributed by atoms with Gasteiger partial charge >= 0.3 is 12.0 Å². The van der Waals surface area contributed by atoms with Crippen molar-refractivity contribution in [2.75, 3.05) is 13.1 Å². The molecule has 2 amide bonds. The smallest absolute Gasteiger partial charge is 0.329 e. The van der Waals surface area contributed by atoms with E-state index in [0.717, 1.165) is 12.8 Å². The number of carboxylic acids is 1. The average Bonchev–Trinajstić information content (AvgIpc) is 2.80. The molecule has 122 valence electrons. The molecule has 0 aromatic carbocycles. The molecule has 0 radical (unpaired) electrons. The number of urea groups is 1. The highest BCUT2D eigenvalue weighted by Gasteiger charge is 2.50. The summed E-state index contributed by atoms with van der Waals surface area (Å²) >= 11 is 0. The number of carboxylic acid groups (broad SMARTS) is 1. The molecule has 5 nitrogen and oxygen atoms in total. The second kappa shape index (κ2) is 7.14. The molecule has 0 aromatic heterocycles. The number of carbonyl (C=O) groups excluding carboxylic acids is 1. The largest absolute Gasteiger partial charge is 0.479 e. The Morgan fingerprint density at radius 1 is 1.29 bits per heavy atom. The van der Waals surface area contributed by atoms with Crippen LogP contribution in [0.1, 0.15) is 60.3 Å². The third kappa shape index (κ3) is 3.69. The van der Waals surface area contributed by atoms with Crippen molar-refractivity contribution >= 4 is 12.0 Å². The van der Waals surface area contributed by atoms with Crippen LogP contribution in [0.2, 0.25) is 0 Å². The standard InChI is InChI=1S/C16H30N2O3/c1-6-8-16(14(19)20)9-7-10-18(16)15(21)17(13(4)5)11-12(2)3/h12-13H,6-11H2,1-5H3,(H,19,20). The van der Waals surface area contributed by atoms with Crippen LogP contribution in [0.5, 0.6) is 0 Å². The molecule has 1 aliphatic heterocycles. The first-order chi connectivity index (χ1) is 9.76. The Kier molecular flexibility index (Phi) is 6.05. The minimum atomic E-state index is -1.00. The SMILES string of the molecule is CCCC1(C(=O)O)CCCN1C(=O)N(CC(C)C)C(C)C. The normalized spacial score (nSPS) is 22.1. The van der Waals surface area contributed by atoms with Gasteiger partial charge in [0.1, 0.15) is 5.54 Å². The van der Waals surface area contributed by atoms with Crippen molar-refractivity contribution < 1.29 is 14.7 Å². The lowest BCUT2D eigenvalue weighted by molar-refractivity contribution is -0.149. The summed E-state index contributed by atoms with van der Waals surface area (Å²) in [5, 5.41) is 9.70. The average molecular weight is 298 g/mol. The molecule has 0 aliphatic carbocycles. The fourth-order valence-electron chi connectivity index (χ4n) is 3.22. The van der Waals surface area contributed by atoms with Gasteiger partial charge in [-0.2, -0.15) is 0 Å². The van der Waals surface area contributed by atoms with Gasteiger partial charge in [-0.3, -0.25) is 0 Å². The molecule has 0 aromatic rings. The number of carbonyl (C=O) groups is 2. The zero-order valence-corrected chi connectivity index (χ0v) is 14.1. The number of amides is 2. The van der Waals surface area contributed by atoms with Gasteiger partial charge in [0.25, 0.3) is 0 Å². The molecule has 0 bridgehead atoms. The first-order valence-corrected chi connectivity index (χ1v) is 8.08. The van der Waals surface area contributed by atoms with Crippen LogP contribution < -0.4 is 0 Å². The highest BCUT2D eigenvalue weighted by atomic mass is 16.4. The molecule has 0 spiro atoms. The van der Waals surface area contributed by atoms with Crippen molar-refractivity contribution in [3.05, 3.63) is 0 Å². The molecule has 1 rings (SSSR count). The molecule has 1 unspecified atom stereocenters. The molecule has 1 atom stereocenters. The first kappa shape index (κ1) is 17.8. The minimum absolute atomic E-state index is 0.0774. The van der Waals surface area contributed by atoms with Gasteiger partial charge in [0.2, 0.25) is 0 Å². The van der Waals surface area contributed by atoms with Gasteiger partial charge in [0, 0.05) is 19.1 Å². The predicted molar refractivity (Wildman–Crippen MR) is 83.3 cm³/mol. The molecule has 5 heteroatoms. The van der Waals surface area contributed by atoms with E-state index >= 15 is 0 Å². The molecule has 1 N–H and O–H groups in total. The molecule has 21 heavy (non-hydrogen) atoms. The van der Waals surface area contributed by atoms with E-state index in [9.17, 15) is 14.7 Å². The van der Waals surface area contributed by atoms with Crippen molar-refractivity contribution in [1.29, 1.82) is 0 Å². The van der Waals surface area contributed by atoms with Gasteiger partial charge in [-0.15, -0.1) is 0 Å². The van der Waals surface area contributed by atoms with Crippen LogP contribution in [0.15, 0.2) is 0 Å². The summed E-state index contributed by atoms with van der Waals surface area (Å²) in [7, 11) is 0. The van der Waals surface area contributed by atoms with E-state index in [1.54, 1.807) is 4.90 Å². The van der Waals surface area contributed by atoms with Crippen molar-refractivity contribution in [3.63, 3.8) is 0 Å². The summed E-state index contributed by atoms with van der Waals surface area (Å²) in [6, 6.07) is -0.0410. The second-order valence-electron chi connectivity index (χ2n) is 6.76. The van der Waals surface area contributed by atoms with Gasteiger partial charge < -0.3 is 14.9 Å². The fourth-order valence-corrected chi connectivity index (χ4v) is 3.22. The summed E-state index contributed by atoms with van der Waals surface area (Å²) in [5.74, 6) is -0.493. The quantitative estimate of drug-likeness (QED) is 0.819. The Morgan fingerprint density at radius 2 is 1.90 bits per heavy atom. The second-order valence-corrected chi connectivity index (χ2v) is 6.76. The van der Waals surface area contributed by atoms with Crippen LogP contribution in [0, 0.1) is 5.92 Å². The molecule has 1 heterocycles. The molecule has 1 saturated heterocycles. The Balaban J connectivity index is 3.04. The highest BCUT2D eigenvalue weighted by molar-refractivity contribution is 5.87. The summed E-state index contributed by atoms with van der Waals surface area (Å²) < 4.78 is 0. The Morgan fingerprint density at radius 3 is 2.33 bits per heavy atom. The van der Waals surface area contributed by atoms with E-state index < -0.39 is 11.5 Å². The summed E-state index contributed by atoms with van der Waals surface area (Å²) in [5.41, 5.74) is -1.00. The number of nitrogens with zero attached hydrogens (tertiary/aromatic N) is 2. The van der Waals surface area contributed by atoms with Gasteiger partial charge in [-0.05, 0) is 39.0 Å². The maximum absolute atomic E-state index is 12.9. The maximum Gasteiger partial charge on any atom is 0.329 e. The monoisotopic (exact) mass is 298 g/mol. The molecule has 1 aliphatic rings. The van der Waals surface area contributed by atoms with Gasteiger partial charge in [-0.1, -0.05) is 27.2 Å². The summed E-state index contributed by atoms with van der Waals surface area (Å²) in [6.07, 6.45) is 2.63. The Hall–Kier alpha value is -1.26. The van der Waals surface area contributed by atoms with E-state index in [4.69, 9.17) is 0 Å². The number of likely N-dealkylation sites (tertiary alicyclic amines) is 1. The summed E-state index contributed by atoms with van der Waals surface area (Å²) in [4.78, 5) is 28.2. The minimum Gasteiger partial charge on any atom is -0.479 e. The van der Waals surface area contributed by atoms with Crippen LogP contribution in [0.25, 0.3) is 0 Å². The first-order valence-electron chi connectivity index (χ1n) is 8.08.